The highest BCUT2D eigenvalue weighted by Crippen LogP contribution is 2.32. The van der Waals surface area contributed by atoms with E-state index in [9.17, 15) is 9.90 Å². The van der Waals surface area contributed by atoms with Gasteiger partial charge >= 0.3 is 0 Å². The standard InChI is InChI=1S/C13H16ClNO3/c1-18-11-4-3-9(14)7-10(11)12(17)15-13(8-16)5-2-6-13/h3-4,7,16H,2,5-6,8H2,1H3,(H,15,17). The summed E-state index contributed by atoms with van der Waals surface area (Å²) in [6, 6.07) is 4.89. The van der Waals surface area contributed by atoms with Gasteiger partial charge in [-0.05, 0) is 37.5 Å². The van der Waals surface area contributed by atoms with Crippen LogP contribution in [0.15, 0.2) is 18.2 Å². The second kappa shape index (κ2) is 5.16. The summed E-state index contributed by atoms with van der Waals surface area (Å²) in [4.78, 5) is 12.2. The third-order valence-corrected chi connectivity index (χ3v) is 3.63. The van der Waals surface area contributed by atoms with Gasteiger partial charge in [-0.15, -0.1) is 0 Å². The first-order valence-corrected chi connectivity index (χ1v) is 6.25. The molecule has 0 unspecified atom stereocenters. The van der Waals surface area contributed by atoms with Crippen molar-refractivity contribution in [2.75, 3.05) is 13.7 Å². The summed E-state index contributed by atoms with van der Waals surface area (Å²) in [5.41, 5.74) is -0.0746. The number of aliphatic hydroxyl groups excluding tert-OH is 1. The van der Waals surface area contributed by atoms with Gasteiger partial charge in [0.15, 0.2) is 0 Å². The second-order valence-corrected chi connectivity index (χ2v) is 5.03. The number of carbonyl (C=O) groups is 1. The van der Waals surface area contributed by atoms with Gasteiger partial charge in [0.2, 0.25) is 0 Å². The molecule has 0 radical (unpaired) electrons. The Morgan fingerprint density at radius 2 is 2.28 bits per heavy atom. The molecule has 0 bridgehead atoms. The number of nitrogens with one attached hydrogen (secondary N) is 1. The Balaban J connectivity index is 2.20. The summed E-state index contributed by atoms with van der Waals surface area (Å²) < 4.78 is 5.14. The minimum absolute atomic E-state index is 0.0401. The first-order chi connectivity index (χ1) is 8.60. The number of hydrogen-bond donors (Lipinski definition) is 2. The Hall–Kier alpha value is -1.26. The monoisotopic (exact) mass is 269 g/mol. The van der Waals surface area contributed by atoms with Crippen molar-refractivity contribution in [3.05, 3.63) is 28.8 Å². The number of hydrogen-bond acceptors (Lipinski definition) is 3. The molecule has 0 saturated heterocycles. The van der Waals surface area contributed by atoms with Crippen molar-refractivity contribution in [3.8, 4) is 5.75 Å². The highest BCUT2D eigenvalue weighted by Gasteiger charge is 2.38. The largest absolute Gasteiger partial charge is 0.496 e. The van der Waals surface area contributed by atoms with Gasteiger partial charge in [0, 0.05) is 5.02 Å². The van der Waals surface area contributed by atoms with Crippen molar-refractivity contribution in [2.45, 2.75) is 24.8 Å². The fourth-order valence-corrected chi connectivity index (χ4v) is 2.26. The number of aliphatic hydroxyl groups is 1. The van der Waals surface area contributed by atoms with Gasteiger partial charge in [-0.2, -0.15) is 0 Å². The van der Waals surface area contributed by atoms with Crippen LogP contribution in [0.3, 0.4) is 0 Å². The zero-order chi connectivity index (χ0) is 13.2. The molecule has 1 aromatic rings. The molecular formula is C13H16ClNO3. The van der Waals surface area contributed by atoms with Crippen LogP contribution in [0.1, 0.15) is 29.6 Å². The quantitative estimate of drug-likeness (QED) is 0.879. The van der Waals surface area contributed by atoms with Crippen LogP contribution in [0.2, 0.25) is 5.02 Å². The molecule has 1 aromatic carbocycles. The molecule has 18 heavy (non-hydrogen) atoms. The van der Waals surface area contributed by atoms with Crippen molar-refractivity contribution in [1.29, 1.82) is 0 Å². The normalized spacial score (nSPS) is 16.8. The van der Waals surface area contributed by atoms with E-state index in [1.165, 1.54) is 7.11 Å². The summed E-state index contributed by atoms with van der Waals surface area (Å²) >= 11 is 5.89. The topological polar surface area (TPSA) is 58.6 Å². The summed E-state index contributed by atoms with van der Waals surface area (Å²) in [5.74, 6) is 0.215. The molecular weight excluding hydrogens is 254 g/mol. The molecule has 0 spiro atoms. The predicted octanol–water partition coefficient (Wildman–Crippen LogP) is 1.99. The number of halogens is 1. The highest BCUT2D eigenvalue weighted by molar-refractivity contribution is 6.31. The number of methoxy groups -OCH3 is 1. The summed E-state index contributed by atoms with van der Waals surface area (Å²) in [6.07, 6.45) is 2.63. The number of benzene rings is 1. The van der Waals surface area contributed by atoms with Crippen LogP contribution in [0.5, 0.6) is 5.75 Å². The van der Waals surface area contributed by atoms with Gasteiger partial charge in [-0.1, -0.05) is 11.6 Å². The molecule has 1 aliphatic carbocycles. The number of rotatable bonds is 4. The van der Waals surface area contributed by atoms with Gasteiger partial charge in [0.1, 0.15) is 5.75 Å². The average molecular weight is 270 g/mol. The molecule has 0 heterocycles. The van der Waals surface area contributed by atoms with Gasteiger partial charge in [-0.25, -0.2) is 0 Å². The molecule has 0 aliphatic heterocycles. The van der Waals surface area contributed by atoms with Crippen molar-refractivity contribution < 1.29 is 14.6 Å². The molecule has 1 saturated carbocycles. The minimum Gasteiger partial charge on any atom is -0.496 e. The summed E-state index contributed by atoms with van der Waals surface area (Å²) in [7, 11) is 1.51. The Labute approximate surface area is 111 Å². The molecule has 2 N–H and O–H groups in total. The van der Waals surface area contributed by atoms with Crippen LogP contribution < -0.4 is 10.1 Å². The Kier molecular flexibility index (Phi) is 3.78. The smallest absolute Gasteiger partial charge is 0.255 e. The van der Waals surface area contributed by atoms with E-state index >= 15 is 0 Å². The second-order valence-electron chi connectivity index (χ2n) is 4.59. The molecule has 0 aromatic heterocycles. The van der Waals surface area contributed by atoms with Gasteiger partial charge < -0.3 is 15.2 Å². The zero-order valence-electron chi connectivity index (χ0n) is 10.2. The van der Waals surface area contributed by atoms with E-state index in [2.05, 4.69) is 5.32 Å². The zero-order valence-corrected chi connectivity index (χ0v) is 11.0. The third-order valence-electron chi connectivity index (χ3n) is 3.40. The first-order valence-electron chi connectivity index (χ1n) is 5.87. The third kappa shape index (κ3) is 2.44. The van der Waals surface area contributed by atoms with E-state index in [4.69, 9.17) is 16.3 Å². The number of ether oxygens (including phenoxy) is 1. The molecule has 1 fully saturated rings. The molecule has 1 aliphatic rings. The maximum Gasteiger partial charge on any atom is 0.255 e. The van der Waals surface area contributed by atoms with Crippen LogP contribution in [0, 0.1) is 0 Å². The Morgan fingerprint density at radius 3 is 2.78 bits per heavy atom. The Bertz CT molecular complexity index is 452. The molecule has 5 heteroatoms. The summed E-state index contributed by atoms with van der Waals surface area (Å²) in [5, 5.41) is 12.7. The van der Waals surface area contributed by atoms with Gasteiger partial charge in [0.25, 0.3) is 5.91 Å². The van der Waals surface area contributed by atoms with E-state index in [1.807, 2.05) is 0 Å². The number of carbonyl (C=O) groups excluding carboxylic acids is 1. The van der Waals surface area contributed by atoms with Crippen molar-refractivity contribution in [1.82, 2.24) is 5.32 Å². The lowest BCUT2D eigenvalue weighted by molar-refractivity contribution is 0.0639. The van der Waals surface area contributed by atoms with E-state index in [1.54, 1.807) is 18.2 Å². The fraction of sp³-hybridized carbons (Fsp3) is 0.462. The molecule has 0 atom stereocenters. The van der Waals surface area contributed by atoms with Gasteiger partial charge in [0.05, 0.1) is 24.8 Å². The summed E-state index contributed by atoms with van der Waals surface area (Å²) in [6.45, 7) is -0.0401. The molecule has 4 nitrogen and oxygen atoms in total. The van der Waals surface area contributed by atoms with Crippen molar-refractivity contribution >= 4 is 17.5 Å². The fourth-order valence-electron chi connectivity index (χ4n) is 2.09. The maximum absolute atomic E-state index is 12.2. The van der Waals surface area contributed by atoms with E-state index in [-0.39, 0.29) is 12.5 Å². The van der Waals surface area contributed by atoms with E-state index in [0.717, 1.165) is 19.3 Å². The maximum atomic E-state index is 12.2. The van der Waals surface area contributed by atoms with Crippen LogP contribution in [0.25, 0.3) is 0 Å². The van der Waals surface area contributed by atoms with Crippen LogP contribution in [-0.2, 0) is 0 Å². The lowest BCUT2D eigenvalue weighted by Gasteiger charge is -2.41. The minimum atomic E-state index is -0.468. The van der Waals surface area contributed by atoms with E-state index in [0.29, 0.717) is 16.3 Å². The van der Waals surface area contributed by atoms with Crippen LogP contribution in [0.4, 0.5) is 0 Å². The van der Waals surface area contributed by atoms with E-state index < -0.39 is 5.54 Å². The SMILES string of the molecule is COc1ccc(Cl)cc1C(=O)NC1(CO)CCC1. The lowest BCUT2D eigenvalue weighted by atomic mass is 9.77. The molecule has 2 rings (SSSR count). The van der Waals surface area contributed by atoms with Gasteiger partial charge in [-0.3, -0.25) is 4.79 Å². The van der Waals surface area contributed by atoms with Crippen molar-refractivity contribution in [2.24, 2.45) is 0 Å². The number of amides is 1. The lowest BCUT2D eigenvalue weighted by Crippen LogP contribution is -2.56. The van der Waals surface area contributed by atoms with Crippen LogP contribution in [-0.4, -0.2) is 30.3 Å². The average Bonchev–Trinajstić information content (AvgIpc) is 2.33. The highest BCUT2D eigenvalue weighted by atomic mass is 35.5. The molecule has 98 valence electrons. The van der Waals surface area contributed by atoms with Crippen molar-refractivity contribution in [3.63, 3.8) is 0 Å². The predicted molar refractivity (Wildman–Crippen MR) is 69.1 cm³/mol. The van der Waals surface area contributed by atoms with Crippen LogP contribution >= 0.6 is 11.6 Å². The Morgan fingerprint density at radius 1 is 1.56 bits per heavy atom. The first kappa shape index (κ1) is 13.2. The molecule has 1 amide bonds.